The minimum absolute atomic E-state index is 0.291. The fourth-order valence-corrected chi connectivity index (χ4v) is 9.71. The monoisotopic (exact) mass is 207 g/mol. The maximum absolute atomic E-state index is 12.2. The van der Waals surface area contributed by atoms with Crippen molar-refractivity contribution in [2.45, 2.75) is 0 Å². The Hall–Kier alpha value is 0.540. The van der Waals surface area contributed by atoms with Crippen molar-refractivity contribution in [3.63, 3.8) is 0 Å². The van der Waals surface area contributed by atoms with Crippen LogP contribution in [0.25, 0.3) is 0 Å². The third-order valence-corrected chi connectivity index (χ3v) is 8.05. The Balaban J connectivity index is 2.31. The molecule has 0 saturated carbocycles. The van der Waals surface area contributed by atoms with Gasteiger partial charge >= 0.3 is 0 Å². The van der Waals surface area contributed by atoms with E-state index in [2.05, 4.69) is 35.2 Å². The van der Waals surface area contributed by atoms with Gasteiger partial charge in [0.15, 0.2) is 0 Å². The molecule has 3 fully saturated rings. The summed E-state index contributed by atoms with van der Waals surface area (Å²) in [6, 6.07) is 0. The van der Waals surface area contributed by atoms with Gasteiger partial charge in [0.1, 0.15) is 15.5 Å². The molecule has 70 valence electrons. The SMILES string of the molecule is CN1CP2(=O)CN(C)P1N(C)C2. The van der Waals surface area contributed by atoms with Crippen LogP contribution in [0, 0.1) is 0 Å². The van der Waals surface area contributed by atoms with Gasteiger partial charge in [0.2, 0.25) is 0 Å². The molecule has 3 aliphatic rings. The zero-order valence-corrected chi connectivity index (χ0v) is 9.55. The highest BCUT2D eigenvalue weighted by molar-refractivity contribution is 7.69. The topological polar surface area (TPSA) is 26.8 Å². The molecule has 6 heteroatoms. The van der Waals surface area contributed by atoms with Gasteiger partial charge < -0.3 is 4.57 Å². The van der Waals surface area contributed by atoms with Gasteiger partial charge in [-0.3, -0.25) is 14.0 Å². The number of rotatable bonds is 0. The summed E-state index contributed by atoms with van der Waals surface area (Å²) in [7, 11) is 4.03. The Morgan fingerprint density at radius 2 is 1.33 bits per heavy atom. The second kappa shape index (κ2) is 2.76. The van der Waals surface area contributed by atoms with Crippen molar-refractivity contribution >= 4 is 15.5 Å². The smallest absolute Gasteiger partial charge is 0.129 e. The van der Waals surface area contributed by atoms with Crippen molar-refractivity contribution in [1.82, 2.24) is 14.0 Å². The molecular formula is C6H15N3OP2. The predicted molar refractivity (Wildman–Crippen MR) is 52.4 cm³/mol. The zero-order valence-electron chi connectivity index (χ0n) is 7.77. The van der Waals surface area contributed by atoms with Crippen LogP contribution in [0.15, 0.2) is 0 Å². The van der Waals surface area contributed by atoms with E-state index in [1.54, 1.807) is 0 Å². The van der Waals surface area contributed by atoms with Gasteiger partial charge in [-0.05, 0) is 21.1 Å². The largest absolute Gasteiger partial charge is 0.320 e. The molecule has 0 aromatic heterocycles. The zero-order chi connectivity index (χ0) is 8.93. The molecule has 12 heavy (non-hydrogen) atoms. The maximum atomic E-state index is 12.2. The first kappa shape index (κ1) is 9.11. The molecule has 0 aromatic rings. The highest BCUT2D eigenvalue weighted by Gasteiger charge is 2.46. The van der Waals surface area contributed by atoms with Crippen LogP contribution in [0.3, 0.4) is 0 Å². The molecule has 3 aliphatic heterocycles. The molecule has 0 spiro atoms. The molecule has 0 atom stereocenters. The normalized spacial score (nSPS) is 45.4. The summed E-state index contributed by atoms with van der Waals surface area (Å²) >= 11 is 0. The van der Waals surface area contributed by atoms with Gasteiger partial charge in [0, 0.05) is 0 Å². The lowest BCUT2D eigenvalue weighted by Gasteiger charge is -2.52. The first-order chi connectivity index (χ1) is 5.52. The van der Waals surface area contributed by atoms with E-state index in [-0.39, 0.29) is 8.37 Å². The van der Waals surface area contributed by atoms with Gasteiger partial charge in [-0.25, -0.2) is 0 Å². The van der Waals surface area contributed by atoms with E-state index >= 15 is 0 Å². The molecule has 3 saturated heterocycles. The van der Waals surface area contributed by atoms with Crippen LogP contribution < -0.4 is 0 Å². The van der Waals surface area contributed by atoms with Crippen LogP contribution in [0.5, 0.6) is 0 Å². The minimum Gasteiger partial charge on any atom is -0.320 e. The Bertz CT molecular complexity index is 209. The Morgan fingerprint density at radius 1 is 1.00 bits per heavy atom. The summed E-state index contributed by atoms with van der Waals surface area (Å²) in [4.78, 5) is 0. The van der Waals surface area contributed by atoms with E-state index in [1.165, 1.54) is 0 Å². The van der Waals surface area contributed by atoms with Crippen LogP contribution >= 0.6 is 15.5 Å². The van der Waals surface area contributed by atoms with Crippen molar-refractivity contribution in [2.24, 2.45) is 0 Å². The summed E-state index contributed by atoms with van der Waals surface area (Å²) in [5.74, 6) is 0. The molecule has 0 aliphatic carbocycles. The van der Waals surface area contributed by atoms with Crippen LogP contribution in [0.4, 0.5) is 0 Å². The highest BCUT2D eigenvalue weighted by Crippen LogP contribution is 2.67. The summed E-state index contributed by atoms with van der Waals surface area (Å²) in [5, 5.41) is 0. The molecule has 0 unspecified atom stereocenters. The van der Waals surface area contributed by atoms with Gasteiger partial charge in [0.25, 0.3) is 0 Å². The number of fused-ring (bicyclic) bond motifs is 3. The first-order valence-corrected chi connectivity index (χ1v) is 7.48. The molecule has 3 rings (SSSR count). The molecule has 0 amide bonds. The lowest BCUT2D eigenvalue weighted by Crippen LogP contribution is -2.45. The van der Waals surface area contributed by atoms with E-state index in [0.29, 0.717) is 0 Å². The van der Waals surface area contributed by atoms with Crippen molar-refractivity contribution in [1.29, 1.82) is 0 Å². The lowest BCUT2D eigenvalue weighted by atomic mass is 11.2. The van der Waals surface area contributed by atoms with E-state index in [1.807, 2.05) is 0 Å². The van der Waals surface area contributed by atoms with Gasteiger partial charge in [-0.1, -0.05) is 0 Å². The third kappa shape index (κ3) is 1.26. The molecule has 2 bridgehead atoms. The first-order valence-electron chi connectivity index (χ1n) is 4.02. The maximum Gasteiger partial charge on any atom is 0.129 e. The second-order valence-corrected chi connectivity index (χ2v) is 9.27. The van der Waals surface area contributed by atoms with Crippen molar-refractivity contribution in [3.8, 4) is 0 Å². The van der Waals surface area contributed by atoms with Crippen LogP contribution in [-0.4, -0.2) is 54.0 Å². The molecular weight excluding hydrogens is 192 g/mol. The fraction of sp³-hybridized carbons (Fsp3) is 1.00. The van der Waals surface area contributed by atoms with E-state index < -0.39 is 7.14 Å². The Morgan fingerprint density at radius 3 is 1.58 bits per heavy atom. The Labute approximate surface area is 74.8 Å². The van der Waals surface area contributed by atoms with Gasteiger partial charge in [-0.15, -0.1) is 0 Å². The van der Waals surface area contributed by atoms with Crippen molar-refractivity contribution in [3.05, 3.63) is 0 Å². The van der Waals surface area contributed by atoms with E-state index in [9.17, 15) is 4.57 Å². The summed E-state index contributed by atoms with van der Waals surface area (Å²) < 4.78 is 18.9. The van der Waals surface area contributed by atoms with E-state index in [0.717, 1.165) is 18.9 Å². The minimum atomic E-state index is -1.90. The summed E-state index contributed by atoms with van der Waals surface area (Å²) in [6.07, 6.45) is 2.48. The molecule has 0 N–H and O–H groups in total. The Kier molecular flexibility index (Phi) is 2.10. The quantitative estimate of drug-likeness (QED) is 0.559. The standard InChI is InChI=1S/C6H15N3OP2/c1-7-4-12(10)5-8(2)11(7)9(3)6-12/h4-6H2,1-3H3. The number of hydrogen-bond acceptors (Lipinski definition) is 4. The van der Waals surface area contributed by atoms with Crippen molar-refractivity contribution in [2.75, 3.05) is 40.0 Å². The van der Waals surface area contributed by atoms with E-state index in [4.69, 9.17) is 0 Å². The number of nitrogens with zero attached hydrogens (tertiary/aromatic N) is 3. The average molecular weight is 207 g/mol. The third-order valence-electron chi connectivity index (χ3n) is 2.30. The van der Waals surface area contributed by atoms with Crippen molar-refractivity contribution < 1.29 is 4.57 Å². The lowest BCUT2D eigenvalue weighted by molar-refractivity contribution is 0.387. The van der Waals surface area contributed by atoms with Gasteiger partial charge in [0.05, 0.1) is 18.9 Å². The van der Waals surface area contributed by atoms with Crippen LogP contribution in [0.2, 0.25) is 0 Å². The summed E-state index contributed by atoms with van der Waals surface area (Å²) in [6.45, 7) is 0. The summed E-state index contributed by atoms with van der Waals surface area (Å²) in [5.41, 5.74) is 0. The number of hydrogen-bond donors (Lipinski definition) is 0. The van der Waals surface area contributed by atoms with Crippen LogP contribution in [-0.2, 0) is 4.57 Å². The highest BCUT2D eigenvalue weighted by atomic mass is 31.2. The molecule has 0 aromatic carbocycles. The second-order valence-electron chi connectivity index (χ2n) is 3.72. The molecule has 4 nitrogen and oxygen atoms in total. The fourth-order valence-electron chi connectivity index (χ4n) is 2.20. The van der Waals surface area contributed by atoms with Crippen LogP contribution in [0.1, 0.15) is 0 Å². The molecule has 0 radical (unpaired) electrons. The van der Waals surface area contributed by atoms with Gasteiger partial charge in [-0.2, -0.15) is 0 Å². The average Bonchev–Trinajstić information content (AvgIpc) is 1.79. The molecule has 3 heterocycles. The predicted octanol–water partition coefficient (Wildman–Crippen LogP) is 1.27.